The highest BCUT2D eigenvalue weighted by molar-refractivity contribution is 4.82. The van der Waals surface area contributed by atoms with Crippen LogP contribution >= 0.6 is 0 Å². The summed E-state index contributed by atoms with van der Waals surface area (Å²) in [6.07, 6.45) is 9.85. The van der Waals surface area contributed by atoms with Crippen LogP contribution in [0.5, 0.6) is 0 Å². The number of nitrogens with one attached hydrogen (secondary N) is 1. The van der Waals surface area contributed by atoms with Crippen LogP contribution in [-0.2, 0) is 0 Å². The maximum Gasteiger partial charge on any atom is 0.00953 e. The van der Waals surface area contributed by atoms with Crippen LogP contribution in [0.4, 0.5) is 0 Å². The van der Waals surface area contributed by atoms with Gasteiger partial charge in [0.2, 0.25) is 0 Å². The van der Waals surface area contributed by atoms with Gasteiger partial charge in [0.15, 0.2) is 0 Å². The van der Waals surface area contributed by atoms with E-state index in [1.54, 1.807) is 0 Å². The molecule has 0 saturated heterocycles. The molecule has 0 aromatic carbocycles. The monoisotopic (exact) mass is 183 g/mol. The molecule has 1 fully saturated rings. The lowest BCUT2D eigenvalue weighted by molar-refractivity contribution is 0.217. The fourth-order valence-electron chi connectivity index (χ4n) is 2.10. The van der Waals surface area contributed by atoms with E-state index in [0.717, 1.165) is 12.0 Å². The van der Waals surface area contributed by atoms with Gasteiger partial charge in [0.1, 0.15) is 0 Å². The summed E-state index contributed by atoms with van der Waals surface area (Å²) in [6.45, 7) is 5.76. The fourth-order valence-corrected chi connectivity index (χ4v) is 2.10. The molecule has 1 rings (SSSR count). The van der Waals surface area contributed by atoms with Crippen molar-refractivity contribution in [1.82, 2.24) is 5.32 Å². The van der Waals surface area contributed by atoms with E-state index < -0.39 is 0 Å². The van der Waals surface area contributed by atoms with Crippen LogP contribution in [0.3, 0.4) is 0 Å². The molecule has 1 N–H and O–H groups in total. The Bertz CT molecular complexity index is 110. The predicted octanol–water partition coefficient (Wildman–Crippen LogP) is 3.34. The van der Waals surface area contributed by atoms with Crippen molar-refractivity contribution in [1.29, 1.82) is 0 Å². The lowest BCUT2D eigenvalue weighted by atomic mass is 9.78. The molecule has 0 heterocycles. The number of unbranched alkanes of at least 4 members (excludes halogenated alkanes) is 1. The molecular formula is C12H25N. The third-order valence-corrected chi connectivity index (χ3v) is 3.24. The zero-order valence-electron chi connectivity index (χ0n) is 9.31. The largest absolute Gasteiger partial charge is 0.314 e. The van der Waals surface area contributed by atoms with Crippen LogP contribution in [0.1, 0.15) is 58.8 Å². The lowest BCUT2D eigenvalue weighted by Gasteiger charge is -2.34. The number of hydrogen-bond donors (Lipinski definition) is 1. The Hall–Kier alpha value is -0.0400. The molecule has 0 bridgehead atoms. The second kappa shape index (κ2) is 6.42. The lowest BCUT2D eigenvalue weighted by Crippen LogP contribution is -2.39. The van der Waals surface area contributed by atoms with E-state index in [1.165, 1.54) is 51.5 Å². The average Bonchev–Trinajstić information content (AvgIpc) is 2.06. The molecule has 1 nitrogen and oxygen atoms in total. The first-order valence-corrected chi connectivity index (χ1v) is 6.11. The molecule has 1 heteroatoms. The highest BCUT2D eigenvalue weighted by atomic mass is 14.9. The molecule has 13 heavy (non-hydrogen) atoms. The molecule has 0 aromatic rings. The smallest absolute Gasteiger partial charge is 0.00953 e. The Morgan fingerprint density at radius 2 is 2.00 bits per heavy atom. The van der Waals surface area contributed by atoms with Crippen molar-refractivity contribution in [3.05, 3.63) is 0 Å². The first kappa shape index (κ1) is 11.0. The summed E-state index contributed by atoms with van der Waals surface area (Å²) in [5.41, 5.74) is 0. The van der Waals surface area contributed by atoms with Gasteiger partial charge in [-0.15, -0.1) is 0 Å². The third kappa shape index (κ3) is 3.68. The number of hydrogen-bond acceptors (Lipinski definition) is 1. The summed E-state index contributed by atoms with van der Waals surface area (Å²) in [5.74, 6) is 1.01. The highest BCUT2D eigenvalue weighted by Gasteiger charge is 2.25. The van der Waals surface area contributed by atoms with Crippen molar-refractivity contribution in [2.45, 2.75) is 64.8 Å². The molecule has 78 valence electrons. The SMILES string of the molecule is CCCCC(NCCC)C1CCC1. The van der Waals surface area contributed by atoms with E-state index in [1.807, 2.05) is 0 Å². The molecule has 1 saturated carbocycles. The maximum absolute atomic E-state index is 3.71. The first-order valence-electron chi connectivity index (χ1n) is 6.11. The molecular weight excluding hydrogens is 158 g/mol. The summed E-state index contributed by atoms with van der Waals surface area (Å²) >= 11 is 0. The molecule has 1 atom stereocenters. The molecule has 1 aliphatic rings. The average molecular weight is 183 g/mol. The van der Waals surface area contributed by atoms with Gasteiger partial charge in [-0.2, -0.15) is 0 Å². The van der Waals surface area contributed by atoms with E-state index in [4.69, 9.17) is 0 Å². The maximum atomic E-state index is 3.71. The summed E-state index contributed by atoms with van der Waals surface area (Å²) in [7, 11) is 0. The van der Waals surface area contributed by atoms with E-state index >= 15 is 0 Å². The van der Waals surface area contributed by atoms with Crippen molar-refractivity contribution < 1.29 is 0 Å². The molecule has 0 spiro atoms. The number of rotatable bonds is 7. The van der Waals surface area contributed by atoms with Crippen LogP contribution in [-0.4, -0.2) is 12.6 Å². The molecule has 0 aliphatic heterocycles. The minimum atomic E-state index is 0.841. The van der Waals surface area contributed by atoms with Crippen LogP contribution in [0.15, 0.2) is 0 Å². The minimum absolute atomic E-state index is 0.841. The van der Waals surface area contributed by atoms with Gasteiger partial charge < -0.3 is 5.32 Å². The zero-order valence-corrected chi connectivity index (χ0v) is 9.31. The van der Waals surface area contributed by atoms with Crippen molar-refractivity contribution in [3.63, 3.8) is 0 Å². The molecule has 1 aliphatic carbocycles. The predicted molar refractivity (Wildman–Crippen MR) is 58.9 cm³/mol. The van der Waals surface area contributed by atoms with Gasteiger partial charge in [-0.1, -0.05) is 33.1 Å². The van der Waals surface area contributed by atoms with Gasteiger partial charge in [-0.05, 0) is 38.1 Å². The topological polar surface area (TPSA) is 12.0 Å². The van der Waals surface area contributed by atoms with E-state index in [-0.39, 0.29) is 0 Å². The van der Waals surface area contributed by atoms with Crippen LogP contribution in [0, 0.1) is 5.92 Å². The quantitative estimate of drug-likeness (QED) is 0.638. The molecule has 0 aromatic heterocycles. The van der Waals surface area contributed by atoms with Gasteiger partial charge in [0.25, 0.3) is 0 Å². The zero-order chi connectivity index (χ0) is 9.52. The van der Waals surface area contributed by atoms with Gasteiger partial charge in [-0.25, -0.2) is 0 Å². The molecule has 0 amide bonds. The summed E-state index contributed by atoms with van der Waals surface area (Å²) < 4.78 is 0. The van der Waals surface area contributed by atoms with Crippen molar-refractivity contribution in [3.8, 4) is 0 Å². The summed E-state index contributed by atoms with van der Waals surface area (Å²) in [6, 6.07) is 0.841. The van der Waals surface area contributed by atoms with Crippen LogP contribution < -0.4 is 5.32 Å². The van der Waals surface area contributed by atoms with Crippen LogP contribution in [0.2, 0.25) is 0 Å². The van der Waals surface area contributed by atoms with Gasteiger partial charge in [0.05, 0.1) is 0 Å². The van der Waals surface area contributed by atoms with Gasteiger partial charge in [-0.3, -0.25) is 0 Å². The summed E-state index contributed by atoms with van der Waals surface area (Å²) in [4.78, 5) is 0. The Morgan fingerprint density at radius 1 is 1.23 bits per heavy atom. The van der Waals surface area contributed by atoms with Gasteiger partial charge in [0, 0.05) is 6.04 Å². The van der Waals surface area contributed by atoms with Crippen LogP contribution in [0.25, 0.3) is 0 Å². The normalized spacial score (nSPS) is 19.8. The Kier molecular flexibility index (Phi) is 5.45. The second-order valence-corrected chi connectivity index (χ2v) is 4.39. The van der Waals surface area contributed by atoms with E-state index in [9.17, 15) is 0 Å². The standard InChI is InChI=1S/C12H25N/c1-3-5-9-12(13-10-4-2)11-7-6-8-11/h11-13H,3-10H2,1-2H3. The Labute approximate surface area is 83.3 Å². The molecule has 0 radical (unpaired) electrons. The van der Waals surface area contributed by atoms with Crippen molar-refractivity contribution in [2.75, 3.05) is 6.54 Å². The van der Waals surface area contributed by atoms with E-state index in [2.05, 4.69) is 19.2 Å². The minimum Gasteiger partial charge on any atom is -0.314 e. The summed E-state index contributed by atoms with van der Waals surface area (Å²) in [5, 5.41) is 3.71. The third-order valence-electron chi connectivity index (χ3n) is 3.24. The van der Waals surface area contributed by atoms with E-state index in [0.29, 0.717) is 0 Å². The van der Waals surface area contributed by atoms with Crippen molar-refractivity contribution in [2.24, 2.45) is 5.92 Å². The van der Waals surface area contributed by atoms with Gasteiger partial charge >= 0.3 is 0 Å². The Morgan fingerprint density at radius 3 is 2.46 bits per heavy atom. The van der Waals surface area contributed by atoms with Crippen molar-refractivity contribution >= 4 is 0 Å². The molecule has 1 unspecified atom stereocenters. The second-order valence-electron chi connectivity index (χ2n) is 4.39. The Balaban J connectivity index is 2.16. The first-order chi connectivity index (χ1) is 6.38. The fraction of sp³-hybridized carbons (Fsp3) is 1.00. The highest BCUT2D eigenvalue weighted by Crippen LogP contribution is 2.31.